The van der Waals surface area contributed by atoms with E-state index < -0.39 is 0 Å². The molecule has 0 aliphatic rings. The van der Waals surface area contributed by atoms with Gasteiger partial charge in [0.2, 0.25) is 0 Å². The molecule has 22 valence electrons. The average Bonchev–Trinajstić information content (AvgIpc) is 1.00. The molecule has 0 bridgehead atoms. The van der Waals surface area contributed by atoms with Crippen molar-refractivity contribution in [1.29, 1.82) is 0 Å². The molecule has 0 aromatic carbocycles. The summed E-state index contributed by atoms with van der Waals surface area (Å²) >= 11 is 0.300. The Bertz CT molecular complexity index is 11.5. The van der Waals surface area contributed by atoms with E-state index in [2.05, 4.69) is 0 Å². The molecule has 0 unspecified atom stereocenters. The quantitative estimate of drug-likeness (QED) is 0.406. The molecule has 0 amide bonds. The molecule has 0 radical (unpaired) electrons. The van der Waals surface area contributed by atoms with E-state index in [1.165, 1.54) is 0 Å². The summed E-state index contributed by atoms with van der Waals surface area (Å²) in [5.74, 6) is 0. The van der Waals surface area contributed by atoms with E-state index in [0.717, 1.165) is 0 Å². The van der Waals surface area contributed by atoms with Crippen molar-refractivity contribution in [1.82, 2.24) is 0 Å². The molecule has 4 heavy (non-hydrogen) atoms. The molecule has 0 aliphatic heterocycles. The molecule has 0 aromatic heterocycles. The van der Waals surface area contributed by atoms with Gasteiger partial charge < -0.3 is 8.33 Å². The van der Waals surface area contributed by atoms with Gasteiger partial charge in [-0.1, -0.05) is 0 Å². The van der Waals surface area contributed by atoms with Gasteiger partial charge in [0.25, 0.3) is 0 Å². The molecular formula is H4MgO2Zr. The third-order valence-corrected chi connectivity index (χ3v) is 0. The zero-order valence-electron chi connectivity index (χ0n) is 4.12. The van der Waals surface area contributed by atoms with Crippen LogP contribution in [0.2, 0.25) is 0 Å². The van der Waals surface area contributed by atoms with Gasteiger partial charge in [-0.3, -0.25) is 0 Å². The topological polar surface area (TPSA) is 48.6 Å². The van der Waals surface area contributed by atoms with Crippen LogP contribution >= 0.6 is 0 Å². The Hall–Kier alpha value is 1.41. The first kappa shape index (κ1) is 18.1. The minimum atomic E-state index is 0. The predicted octanol–water partition coefficient (Wildman–Crippen LogP) is -1.10. The summed E-state index contributed by atoms with van der Waals surface area (Å²) in [5.41, 5.74) is 0. The van der Waals surface area contributed by atoms with Crippen LogP contribution < -0.4 is 0 Å². The number of hydrogen-bond donors (Lipinski definition) is 0. The summed E-state index contributed by atoms with van der Waals surface area (Å²) in [6.07, 6.45) is 0. The maximum atomic E-state index is 8.34. The van der Waals surface area contributed by atoms with Crippen molar-refractivity contribution in [2.75, 3.05) is 0 Å². The zero-order valence-corrected chi connectivity index (χ0v) is 5.99. The van der Waals surface area contributed by atoms with E-state index in [0.29, 0.717) is 24.7 Å². The van der Waals surface area contributed by atoms with E-state index in [1.54, 1.807) is 0 Å². The Balaban J connectivity index is -0.000000000833. The van der Waals surface area contributed by atoms with Gasteiger partial charge in [-0.15, -0.1) is 0 Å². The molecule has 2 N–H and O–H groups in total. The van der Waals surface area contributed by atoms with E-state index in [4.69, 9.17) is 2.81 Å². The second-order valence-electron chi connectivity index (χ2n) is 0. The van der Waals surface area contributed by atoms with Gasteiger partial charge in [-0.2, -0.15) is 0 Å². The van der Waals surface area contributed by atoms with Crippen molar-refractivity contribution in [3.8, 4) is 0 Å². The first-order valence-corrected chi connectivity index (χ1v) is 1.21. The SMILES string of the molecule is O.[H-].[H-].[Mg+2].[O]=[Zr]. The van der Waals surface area contributed by atoms with Crippen molar-refractivity contribution in [2.24, 2.45) is 0 Å². The van der Waals surface area contributed by atoms with Gasteiger partial charge in [-0.05, 0) is 0 Å². The van der Waals surface area contributed by atoms with E-state index in [1.807, 2.05) is 0 Å². The van der Waals surface area contributed by atoms with Crippen LogP contribution in [-0.2, 0) is 27.5 Å². The van der Waals surface area contributed by atoms with Crippen molar-refractivity contribution in [3.05, 3.63) is 0 Å². The second kappa shape index (κ2) is 25.8. The summed E-state index contributed by atoms with van der Waals surface area (Å²) in [5, 5.41) is 0. The fourth-order valence-corrected chi connectivity index (χ4v) is 0. The molecule has 0 heterocycles. The Morgan fingerprint density at radius 1 is 1.50 bits per heavy atom. The van der Waals surface area contributed by atoms with Crippen LogP contribution in [0.1, 0.15) is 2.85 Å². The molecular weight excluding hydrogens is 148 g/mol. The van der Waals surface area contributed by atoms with E-state index in [9.17, 15) is 0 Å². The van der Waals surface area contributed by atoms with Crippen molar-refractivity contribution < 1.29 is 35.9 Å². The third kappa shape index (κ3) is 9.96. The second-order valence-corrected chi connectivity index (χ2v) is 0. The Labute approximate surface area is 58.7 Å². The summed E-state index contributed by atoms with van der Waals surface area (Å²) in [4.78, 5) is 0. The first-order valence-electron chi connectivity index (χ1n) is 0.204. The predicted molar refractivity (Wildman–Crippen MR) is 12.3 cm³/mol. The van der Waals surface area contributed by atoms with Crippen molar-refractivity contribution >= 4 is 23.1 Å². The standard InChI is InChI=1S/Mg.H2O.O.Zr.2H/h;1H2;;;;/q+2;;;;2*-1. The average molecular weight is 152 g/mol. The number of rotatable bonds is 0. The Morgan fingerprint density at radius 3 is 1.50 bits per heavy atom. The molecule has 2 nitrogen and oxygen atoms in total. The summed E-state index contributed by atoms with van der Waals surface area (Å²) in [7, 11) is 0. The van der Waals surface area contributed by atoms with Crippen LogP contribution in [0.3, 0.4) is 0 Å². The molecule has 4 heteroatoms. The van der Waals surface area contributed by atoms with Gasteiger partial charge in [0.15, 0.2) is 0 Å². The van der Waals surface area contributed by atoms with Crippen LogP contribution in [0.25, 0.3) is 0 Å². The molecule has 0 aliphatic carbocycles. The Morgan fingerprint density at radius 2 is 1.50 bits per heavy atom. The summed E-state index contributed by atoms with van der Waals surface area (Å²) in [6, 6.07) is 0. The fourth-order valence-electron chi connectivity index (χ4n) is 0. The van der Waals surface area contributed by atoms with Crippen molar-refractivity contribution in [3.63, 3.8) is 0 Å². The molecule has 0 aromatic rings. The summed E-state index contributed by atoms with van der Waals surface area (Å²) in [6.45, 7) is 0. The molecule has 0 saturated carbocycles. The van der Waals surface area contributed by atoms with Crippen LogP contribution in [0.4, 0.5) is 0 Å². The maximum absolute atomic E-state index is 8.34. The van der Waals surface area contributed by atoms with Crippen LogP contribution in [-0.4, -0.2) is 28.5 Å². The van der Waals surface area contributed by atoms with Gasteiger partial charge in [0.1, 0.15) is 0 Å². The molecule has 0 atom stereocenters. The molecule has 0 spiro atoms. The van der Waals surface area contributed by atoms with Gasteiger partial charge >= 0.3 is 50.6 Å². The molecule has 0 fully saturated rings. The molecule has 0 rings (SSSR count). The van der Waals surface area contributed by atoms with Gasteiger partial charge in [0.05, 0.1) is 0 Å². The normalized spacial score (nSPS) is 0.750. The van der Waals surface area contributed by atoms with E-state index in [-0.39, 0.29) is 31.4 Å². The number of hydrogen-bond acceptors (Lipinski definition) is 1. The van der Waals surface area contributed by atoms with Crippen LogP contribution in [0.15, 0.2) is 0 Å². The fraction of sp³-hybridized carbons (Fsp3) is 0. The van der Waals surface area contributed by atoms with Crippen LogP contribution in [0, 0.1) is 0 Å². The van der Waals surface area contributed by atoms with Gasteiger partial charge in [0, 0.05) is 0 Å². The van der Waals surface area contributed by atoms with Crippen molar-refractivity contribution in [2.45, 2.75) is 0 Å². The van der Waals surface area contributed by atoms with E-state index >= 15 is 0 Å². The van der Waals surface area contributed by atoms with Gasteiger partial charge in [-0.25, -0.2) is 0 Å². The monoisotopic (exact) mass is 150 g/mol. The Kier molecular flexibility index (Phi) is 117. The summed E-state index contributed by atoms with van der Waals surface area (Å²) < 4.78 is 8.34. The third-order valence-electron chi connectivity index (χ3n) is 0. The zero-order chi connectivity index (χ0) is 2.00. The first-order chi connectivity index (χ1) is 1.00. The van der Waals surface area contributed by atoms with Crippen LogP contribution in [0.5, 0.6) is 0 Å². The minimum absolute atomic E-state index is 0. The molecule has 0 saturated heterocycles.